The number of nitrogens with zero attached hydrogens (tertiary/aromatic N) is 2. The molecule has 1 aliphatic rings. The van der Waals surface area contributed by atoms with Gasteiger partial charge >= 0.3 is 0 Å². The van der Waals surface area contributed by atoms with Gasteiger partial charge < -0.3 is 9.30 Å². The summed E-state index contributed by atoms with van der Waals surface area (Å²) >= 11 is 0. The summed E-state index contributed by atoms with van der Waals surface area (Å²) in [5.74, 6) is 0.775. The average molecular weight is 194 g/mol. The van der Waals surface area contributed by atoms with Crippen molar-refractivity contribution >= 4 is 0 Å². The van der Waals surface area contributed by atoms with E-state index in [2.05, 4.69) is 23.4 Å². The van der Waals surface area contributed by atoms with E-state index < -0.39 is 0 Å². The molecule has 0 amide bonds. The van der Waals surface area contributed by atoms with Crippen molar-refractivity contribution in [3.63, 3.8) is 0 Å². The third-order valence-corrected chi connectivity index (χ3v) is 2.52. The first-order chi connectivity index (χ1) is 6.77. The van der Waals surface area contributed by atoms with Gasteiger partial charge in [0.15, 0.2) is 0 Å². The first-order valence-corrected chi connectivity index (χ1v) is 5.39. The lowest BCUT2D eigenvalue weighted by atomic mass is 10.3. The van der Waals surface area contributed by atoms with E-state index in [0.29, 0.717) is 6.10 Å². The van der Waals surface area contributed by atoms with Crippen LogP contribution in [0.1, 0.15) is 38.3 Å². The van der Waals surface area contributed by atoms with Crippen LogP contribution in [0.4, 0.5) is 0 Å². The van der Waals surface area contributed by atoms with Crippen molar-refractivity contribution in [3.8, 4) is 0 Å². The van der Waals surface area contributed by atoms with Crippen LogP contribution in [-0.2, 0) is 11.3 Å². The average Bonchev–Trinajstić information content (AvgIpc) is 2.87. The minimum Gasteiger partial charge on any atom is -0.377 e. The van der Waals surface area contributed by atoms with Gasteiger partial charge in [0.2, 0.25) is 0 Å². The molecule has 3 nitrogen and oxygen atoms in total. The summed E-state index contributed by atoms with van der Waals surface area (Å²) in [5, 5.41) is 0. The Morgan fingerprint density at radius 2 is 2.36 bits per heavy atom. The van der Waals surface area contributed by atoms with Gasteiger partial charge in [-0.1, -0.05) is 0 Å². The molecule has 1 heterocycles. The van der Waals surface area contributed by atoms with E-state index in [4.69, 9.17) is 4.74 Å². The molecule has 14 heavy (non-hydrogen) atoms. The second-order valence-corrected chi connectivity index (χ2v) is 4.21. The van der Waals surface area contributed by atoms with E-state index in [1.165, 1.54) is 18.5 Å². The minimum absolute atomic E-state index is 0.322. The topological polar surface area (TPSA) is 27.1 Å². The smallest absolute Gasteiger partial charge is 0.0949 e. The largest absolute Gasteiger partial charge is 0.377 e. The summed E-state index contributed by atoms with van der Waals surface area (Å²) in [5.41, 5.74) is 1.39. The van der Waals surface area contributed by atoms with Crippen molar-refractivity contribution in [2.45, 2.75) is 45.3 Å². The fourth-order valence-corrected chi connectivity index (χ4v) is 1.62. The molecule has 0 radical (unpaired) electrons. The maximum Gasteiger partial charge on any atom is 0.0949 e. The Hall–Kier alpha value is -0.830. The van der Waals surface area contributed by atoms with Crippen molar-refractivity contribution in [3.05, 3.63) is 18.2 Å². The predicted octanol–water partition coefficient (Wildman–Crippen LogP) is 2.19. The molecule has 0 spiro atoms. The van der Waals surface area contributed by atoms with Crippen molar-refractivity contribution in [1.82, 2.24) is 9.55 Å². The van der Waals surface area contributed by atoms with Gasteiger partial charge in [0.25, 0.3) is 0 Å². The monoisotopic (exact) mass is 194 g/mol. The van der Waals surface area contributed by atoms with E-state index in [9.17, 15) is 0 Å². The maximum absolute atomic E-state index is 5.52. The quantitative estimate of drug-likeness (QED) is 0.718. The molecule has 0 aliphatic heterocycles. The molecule has 1 aromatic heterocycles. The molecule has 0 aromatic carbocycles. The highest BCUT2D eigenvalue weighted by atomic mass is 16.5. The highest BCUT2D eigenvalue weighted by Crippen LogP contribution is 2.39. The molecule has 0 N–H and O–H groups in total. The van der Waals surface area contributed by atoms with Crippen LogP contribution in [-0.4, -0.2) is 22.3 Å². The fraction of sp³-hybridized carbons (Fsp3) is 0.727. The summed E-state index contributed by atoms with van der Waals surface area (Å²) in [7, 11) is 0. The number of hydrogen-bond donors (Lipinski definition) is 0. The van der Waals surface area contributed by atoms with Gasteiger partial charge in [0.05, 0.1) is 19.0 Å². The fourth-order valence-electron chi connectivity index (χ4n) is 1.62. The summed E-state index contributed by atoms with van der Waals surface area (Å²) in [6, 6.07) is 0. The highest BCUT2D eigenvalue weighted by molar-refractivity contribution is 5.12. The van der Waals surface area contributed by atoms with Gasteiger partial charge in [-0.25, -0.2) is 4.98 Å². The third kappa shape index (κ3) is 2.35. The Morgan fingerprint density at radius 1 is 1.57 bits per heavy atom. The molecule has 2 rings (SSSR count). The lowest BCUT2D eigenvalue weighted by molar-refractivity contribution is 0.0723. The van der Waals surface area contributed by atoms with Gasteiger partial charge in [0.1, 0.15) is 0 Å². The summed E-state index contributed by atoms with van der Waals surface area (Å²) in [4.78, 5) is 4.19. The van der Waals surface area contributed by atoms with Crippen molar-refractivity contribution in [2.75, 3.05) is 6.61 Å². The zero-order valence-electron chi connectivity index (χ0n) is 8.94. The number of hydrogen-bond acceptors (Lipinski definition) is 2. The Balaban J connectivity index is 1.85. The van der Waals surface area contributed by atoms with Crippen molar-refractivity contribution < 1.29 is 4.74 Å². The SMILES string of the molecule is CC(C)OCCn1cncc1C1CC1. The van der Waals surface area contributed by atoms with E-state index in [1.807, 2.05) is 12.5 Å². The van der Waals surface area contributed by atoms with Crippen LogP contribution in [0.15, 0.2) is 12.5 Å². The second-order valence-electron chi connectivity index (χ2n) is 4.21. The van der Waals surface area contributed by atoms with E-state index in [-0.39, 0.29) is 0 Å². The molecular formula is C11H18N2O. The number of aromatic nitrogens is 2. The molecule has 1 aliphatic carbocycles. The number of imidazole rings is 1. The van der Waals surface area contributed by atoms with Crippen LogP contribution in [0.5, 0.6) is 0 Å². The van der Waals surface area contributed by atoms with Gasteiger partial charge in [-0.05, 0) is 26.7 Å². The van der Waals surface area contributed by atoms with E-state index in [1.54, 1.807) is 0 Å². The minimum atomic E-state index is 0.322. The van der Waals surface area contributed by atoms with Crippen LogP contribution in [0.2, 0.25) is 0 Å². The highest BCUT2D eigenvalue weighted by Gasteiger charge is 2.26. The molecule has 0 atom stereocenters. The van der Waals surface area contributed by atoms with Gasteiger partial charge in [0, 0.05) is 24.4 Å². The molecule has 1 fully saturated rings. The molecule has 0 saturated heterocycles. The van der Waals surface area contributed by atoms with Crippen LogP contribution in [0.25, 0.3) is 0 Å². The standard InChI is InChI=1S/C11H18N2O/c1-9(2)14-6-5-13-8-12-7-11(13)10-3-4-10/h7-10H,3-6H2,1-2H3. The molecule has 0 unspecified atom stereocenters. The molecule has 78 valence electrons. The van der Waals surface area contributed by atoms with Crippen molar-refractivity contribution in [1.29, 1.82) is 0 Å². The lowest BCUT2D eigenvalue weighted by Gasteiger charge is -2.10. The first-order valence-electron chi connectivity index (χ1n) is 5.39. The van der Waals surface area contributed by atoms with Crippen molar-refractivity contribution in [2.24, 2.45) is 0 Å². The number of rotatable bonds is 5. The van der Waals surface area contributed by atoms with Crippen LogP contribution in [0, 0.1) is 0 Å². The van der Waals surface area contributed by atoms with E-state index >= 15 is 0 Å². The second kappa shape index (κ2) is 4.13. The van der Waals surface area contributed by atoms with Crippen LogP contribution >= 0.6 is 0 Å². The Kier molecular flexibility index (Phi) is 2.87. The normalized spacial score (nSPS) is 16.5. The first kappa shape index (κ1) is 9.71. The molecular weight excluding hydrogens is 176 g/mol. The summed E-state index contributed by atoms with van der Waals surface area (Å²) in [6.45, 7) is 5.85. The van der Waals surface area contributed by atoms with E-state index in [0.717, 1.165) is 19.1 Å². The number of ether oxygens (including phenoxy) is 1. The Labute approximate surface area is 85.1 Å². The summed E-state index contributed by atoms with van der Waals surface area (Å²) in [6.07, 6.45) is 6.89. The van der Waals surface area contributed by atoms with Crippen LogP contribution < -0.4 is 0 Å². The predicted molar refractivity (Wildman–Crippen MR) is 55.3 cm³/mol. The zero-order valence-corrected chi connectivity index (χ0v) is 8.94. The maximum atomic E-state index is 5.52. The Bertz CT molecular complexity index is 289. The summed E-state index contributed by atoms with van der Waals surface area (Å²) < 4.78 is 7.74. The van der Waals surface area contributed by atoms with Crippen LogP contribution in [0.3, 0.4) is 0 Å². The van der Waals surface area contributed by atoms with Gasteiger partial charge in [-0.2, -0.15) is 0 Å². The molecule has 0 bridgehead atoms. The Morgan fingerprint density at radius 3 is 3.00 bits per heavy atom. The lowest BCUT2D eigenvalue weighted by Crippen LogP contribution is -2.11. The van der Waals surface area contributed by atoms with Gasteiger partial charge in [-0.15, -0.1) is 0 Å². The third-order valence-electron chi connectivity index (χ3n) is 2.52. The molecule has 3 heteroatoms. The molecule has 1 aromatic rings. The van der Waals surface area contributed by atoms with Gasteiger partial charge in [-0.3, -0.25) is 0 Å². The molecule has 1 saturated carbocycles. The zero-order chi connectivity index (χ0) is 9.97.